The van der Waals surface area contributed by atoms with Gasteiger partial charge < -0.3 is 5.11 Å². The van der Waals surface area contributed by atoms with E-state index in [2.05, 4.69) is 10.1 Å². The Bertz CT molecular complexity index is 1180. The summed E-state index contributed by atoms with van der Waals surface area (Å²) in [6, 6.07) is 0.926. The summed E-state index contributed by atoms with van der Waals surface area (Å²) < 4.78 is 79.6. The van der Waals surface area contributed by atoms with Crippen LogP contribution in [0.5, 0.6) is 0 Å². The number of hydrogen-bond donors (Lipinski definition) is 1. The second kappa shape index (κ2) is 6.80. The Morgan fingerprint density at radius 2 is 1.90 bits per heavy atom. The summed E-state index contributed by atoms with van der Waals surface area (Å²) in [7, 11) is 0. The number of aliphatic hydroxyl groups excluding tert-OH is 1. The topological polar surface area (TPSA) is 72.4 Å². The first kappa shape index (κ1) is 20.8. The Kier molecular flexibility index (Phi) is 4.73. The van der Waals surface area contributed by atoms with Crippen LogP contribution in [0, 0.1) is 12.8 Å². The van der Waals surface area contributed by atoms with Crippen molar-refractivity contribution in [3.05, 3.63) is 50.1 Å². The molecule has 0 amide bonds. The number of aliphatic hydroxyl groups is 1. The van der Waals surface area contributed by atoms with Crippen LogP contribution >= 0.6 is 11.3 Å². The normalized spacial score (nSPS) is 19.6. The Morgan fingerprint density at radius 1 is 1.20 bits per heavy atom. The molecule has 3 aromatic rings. The molecule has 0 aromatic carbocycles. The summed E-state index contributed by atoms with van der Waals surface area (Å²) in [5.74, 6) is 0.0266. The highest BCUT2D eigenvalue weighted by Crippen LogP contribution is 2.49. The summed E-state index contributed by atoms with van der Waals surface area (Å²) in [5, 5.41) is 12.3. The van der Waals surface area contributed by atoms with E-state index in [4.69, 9.17) is 0 Å². The monoisotopic (exact) mass is 452 g/mol. The molecule has 1 aliphatic rings. The predicted octanol–water partition coefficient (Wildman–Crippen LogP) is 3.44. The van der Waals surface area contributed by atoms with Gasteiger partial charge in [-0.1, -0.05) is 0 Å². The van der Waals surface area contributed by atoms with Crippen molar-refractivity contribution >= 4 is 16.3 Å². The zero-order chi connectivity index (χ0) is 22.0. The number of halogens is 6. The molecule has 162 valence electrons. The molecule has 4 rings (SSSR count). The number of fused-ring (bicyclic) bond motifs is 1. The molecule has 0 spiro atoms. The van der Waals surface area contributed by atoms with E-state index in [0.29, 0.717) is 12.1 Å². The fourth-order valence-corrected chi connectivity index (χ4v) is 4.56. The highest BCUT2D eigenvalue weighted by Gasteiger charge is 2.43. The summed E-state index contributed by atoms with van der Waals surface area (Å²) in [5.41, 5.74) is -3.24. The van der Waals surface area contributed by atoms with Crippen LogP contribution in [0.4, 0.5) is 26.3 Å². The van der Waals surface area contributed by atoms with Gasteiger partial charge in [-0.05, 0) is 19.3 Å². The molecule has 13 heteroatoms. The molecule has 0 saturated heterocycles. The third kappa shape index (κ3) is 3.60. The van der Waals surface area contributed by atoms with Crippen molar-refractivity contribution in [1.82, 2.24) is 19.2 Å². The summed E-state index contributed by atoms with van der Waals surface area (Å²) in [6.07, 6.45) is -9.40. The quantitative estimate of drug-likeness (QED) is 0.616. The fourth-order valence-electron chi connectivity index (χ4n) is 3.49. The van der Waals surface area contributed by atoms with Crippen LogP contribution in [0.15, 0.2) is 16.9 Å². The van der Waals surface area contributed by atoms with Gasteiger partial charge in [0, 0.05) is 35.2 Å². The number of alkyl halides is 6. The van der Waals surface area contributed by atoms with E-state index in [1.165, 1.54) is 4.40 Å². The fraction of sp³-hybridized carbons (Fsp3) is 0.471. The van der Waals surface area contributed by atoms with Gasteiger partial charge in [-0.3, -0.25) is 13.9 Å². The molecule has 0 bridgehead atoms. The van der Waals surface area contributed by atoms with Crippen molar-refractivity contribution < 1.29 is 31.4 Å². The average molecular weight is 452 g/mol. The van der Waals surface area contributed by atoms with E-state index in [0.717, 1.165) is 22.3 Å². The first-order valence-corrected chi connectivity index (χ1v) is 9.57. The summed E-state index contributed by atoms with van der Waals surface area (Å²) in [4.78, 5) is 17.8. The lowest BCUT2D eigenvalue weighted by Gasteiger charge is -2.10. The van der Waals surface area contributed by atoms with Crippen LogP contribution in [-0.4, -0.2) is 30.9 Å². The van der Waals surface area contributed by atoms with Crippen molar-refractivity contribution in [2.45, 2.75) is 38.2 Å². The van der Waals surface area contributed by atoms with E-state index >= 15 is 0 Å². The molecule has 30 heavy (non-hydrogen) atoms. The number of nitrogens with zero attached hydrogens (tertiary/aromatic N) is 4. The number of thiazole rings is 1. The molecule has 1 aliphatic carbocycles. The summed E-state index contributed by atoms with van der Waals surface area (Å²) in [6.45, 7) is 1.000. The minimum absolute atomic E-state index is 0.00797. The minimum Gasteiger partial charge on any atom is -0.396 e. The van der Waals surface area contributed by atoms with Gasteiger partial charge in [-0.15, -0.1) is 11.3 Å². The predicted molar refractivity (Wildman–Crippen MR) is 93.3 cm³/mol. The molecule has 6 nitrogen and oxygen atoms in total. The van der Waals surface area contributed by atoms with Gasteiger partial charge in [-0.2, -0.15) is 31.4 Å². The number of aromatic nitrogens is 4. The zero-order valence-electron chi connectivity index (χ0n) is 15.3. The third-order valence-electron chi connectivity index (χ3n) is 4.97. The van der Waals surface area contributed by atoms with E-state index in [-0.39, 0.29) is 39.8 Å². The van der Waals surface area contributed by atoms with Crippen molar-refractivity contribution in [1.29, 1.82) is 0 Å². The van der Waals surface area contributed by atoms with Gasteiger partial charge in [0.25, 0.3) is 5.56 Å². The molecule has 3 heterocycles. The van der Waals surface area contributed by atoms with E-state index in [1.807, 2.05) is 0 Å². The lowest BCUT2D eigenvalue weighted by molar-refractivity contribution is -0.144. The van der Waals surface area contributed by atoms with Crippen molar-refractivity contribution in [2.24, 2.45) is 5.92 Å². The van der Waals surface area contributed by atoms with Crippen molar-refractivity contribution in [2.75, 3.05) is 6.61 Å². The maximum Gasteiger partial charge on any atom is 0.435 e. The van der Waals surface area contributed by atoms with Crippen LogP contribution in [0.3, 0.4) is 0 Å². The largest absolute Gasteiger partial charge is 0.435 e. The Morgan fingerprint density at radius 3 is 2.47 bits per heavy atom. The minimum atomic E-state index is -5.06. The molecule has 0 radical (unpaired) electrons. The van der Waals surface area contributed by atoms with Crippen LogP contribution in [-0.2, 0) is 18.9 Å². The summed E-state index contributed by atoms with van der Waals surface area (Å²) >= 11 is 1.16. The molecular formula is C17H14F6N4O2S. The number of aryl methyl sites for hydroxylation is 1. The SMILES string of the molecule is Cc1sc2nc(Cn3nc(C(F)(F)F)cc3C(F)(F)F)cc(=O)n2c1[C@@H]1C[C@H]1CO. The third-order valence-corrected chi connectivity index (χ3v) is 5.94. The van der Waals surface area contributed by atoms with Gasteiger partial charge in [0.15, 0.2) is 10.7 Å². The standard InChI is InChI=1S/C17H14F6N4O2S/c1-7-14(10-2-8(10)6-28)27-13(29)3-9(24-15(27)30-7)5-26-12(17(21,22)23)4-11(25-26)16(18,19)20/h3-4,8,10,28H,2,5-6H2,1H3/t8-,10+/m0/s1. The second-order valence-electron chi connectivity index (χ2n) is 7.10. The maximum absolute atomic E-state index is 13.2. The lowest BCUT2D eigenvalue weighted by atomic mass is 10.2. The first-order chi connectivity index (χ1) is 13.9. The van der Waals surface area contributed by atoms with Gasteiger partial charge in [0.2, 0.25) is 0 Å². The van der Waals surface area contributed by atoms with Crippen LogP contribution in [0.1, 0.15) is 40.0 Å². The van der Waals surface area contributed by atoms with Gasteiger partial charge in [0.1, 0.15) is 5.69 Å². The van der Waals surface area contributed by atoms with Crippen LogP contribution < -0.4 is 5.56 Å². The molecule has 3 aromatic heterocycles. The molecule has 2 atom stereocenters. The van der Waals surface area contributed by atoms with Crippen molar-refractivity contribution in [3.63, 3.8) is 0 Å². The Balaban J connectivity index is 1.76. The highest BCUT2D eigenvalue weighted by molar-refractivity contribution is 7.17. The van der Waals surface area contributed by atoms with E-state index < -0.39 is 35.8 Å². The number of rotatable bonds is 4. The second-order valence-corrected chi connectivity index (χ2v) is 8.28. The zero-order valence-corrected chi connectivity index (χ0v) is 16.1. The molecule has 0 unspecified atom stereocenters. The van der Waals surface area contributed by atoms with Gasteiger partial charge >= 0.3 is 12.4 Å². The van der Waals surface area contributed by atoms with E-state index in [1.54, 1.807) is 6.92 Å². The van der Waals surface area contributed by atoms with E-state index in [9.17, 15) is 36.2 Å². The lowest BCUT2D eigenvalue weighted by Crippen LogP contribution is -2.20. The Labute approximate surface area is 168 Å². The van der Waals surface area contributed by atoms with Crippen molar-refractivity contribution in [3.8, 4) is 0 Å². The van der Waals surface area contributed by atoms with Gasteiger partial charge in [-0.25, -0.2) is 4.98 Å². The smallest absolute Gasteiger partial charge is 0.396 e. The van der Waals surface area contributed by atoms with Crippen LogP contribution in [0.2, 0.25) is 0 Å². The maximum atomic E-state index is 13.2. The molecule has 1 saturated carbocycles. The van der Waals surface area contributed by atoms with Gasteiger partial charge in [0.05, 0.1) is 12.2 Å². The molecule has 1 N–H and O–H groups in total. The molecule has 0 aliphatic heterocycles. The molecular weight excluding hydrogens is 438 g/mol. The highest BCUT2D eigenvalue weighted by atomic mass is 32.1. The molecule has 1 fully saturated rings. The van der Waals surface area contributed by atoms with Crippen LogP contribution in [0.25, 0.3) is 4.96 Å². The first-order valence-electron chi connectivity index (χ1n) is 8.75. The Hall–Kier alpha value is -2.41. The number of hydrogen-bond acceptors (Lipinski definition) is 5. The average Bonchev–Trinajstić information content (AvgIpc) is 3.10.